The summed E-state index contributed by atoms with van der Waals surface area (Å²) in [5, 5.41) is 0. The Morgan fingerprint density at radius 1 is 1.53 bits per heavy atom. The molecule has 0 fully saturated rings. The van der Waals surface area contributed by atoms with Crippen LogP contribution >= 0.6 is 27.5 Å². The predicted molar refractivity (Wildman–Crippen MR) is 80.3 cm³/mol. The molecule has 1 amide bonds. The number of rotatable bonds is 4. The number of halogens is 2. The minimum atomic E-state index is 0.0492. The average molecular weight is 345 g/mol. The van der Waals surface area contributed by atoms with Crippen molar-refractivity contribution in [3.8, 4) is 0 Å². The second-order valence-electron chi connectivity index (χ2n) is 4.29. The first-order valence-corrected chi connectivity index (χ1v) is 7.34. The minimum absolute atomic E-state index is 0.0492. The highest BCUT2D eigenvalue weighted by molar-refractivity contribution is 9.10. The molecule has 0 radical (unpaired) electrons. The van der Waals surface area contributed by atoms with Gasteiger partial charge in [-0.15, -0.1) is 11.6 Å². The Hall–Kier alpha value is -1.07. The summed E-state index contributed by atoms with van der Waals surface area (Å²) in [7, 11) is 1.79. The van der Waals surface area contributed by atoms with Crippen molar-refractivity contribution in [2.45, 2.75) is 19.3 Å². The molecule has 1 heterocycles. The third kappa shape index (κ3) is 2.92. The van der Waals surface area contributed by atoms with Gasteiger partial charge in [0.05, 0.1) is 16.9 Å². The Balaban J connectivity index is 2.45. The number of likely N-dealkylation sites (N-methyl/N-ethyl adjacent to an activating group) is 1. The highest BCUT2D eigenvalue weighted by Gasteiger charge is 2.15. The third-order valence-electron chi connectivity index (χ3n) is 3.10. The van der Waals surface area contributed by atoms with E-state index in [1.165, 1.54) is 0 Å². The number of hydrogen-bond acceptors (Lipinski definition) is 2. The van der Waals surface area contributed by atoms with Crippen LogP contribution in [0.5, 0.6) is 0 Å². The summed E-state index contributed by atoms with van der Waals surface area (Å²) in [5.74, 6) is 1.05. The first-order chi connectivity index (χ1) is 9.06. The van der Waals surface area contributed by atoms with Crippen LogP contribution in [0.25, 0.3) is 11.0 Å². The van der Waals surface area contributed by atoms with Crippen molar-refractivity contribution < 1.29 is 4.79 Å². The molecule has 0 spiro atoms. The first-order valence-electron chi connectivity index (χ1n) is 6.01. The fourth-order valence-electron chi connectivity index (χ4n) is 1.86. The van der Waals surface area contributed by atoms with Crippen LogP contribution in [0.1, 0.15) is 12.7 Å². The summed E-state index contributed by atoms with van der Waals surface area (Å²) >= 11 is 9.36. The van der Waals surface area contributed by atoms with Crippen LogP contribution in [-0.4, -0.2) is 34.0 Å². The lowest BCUT2D eigenvalue weighted by molar-refractivity contribution is -0.130. The van der Waals surface area contributed by atoms with Gasteiger partial charge in [0.25, 0.3) is 0 Å². The molecule has 0 aliphatic rings. The highest BCUT2D eigenvalue weighted by Crippen LogP contribution is 2.22. The van der Waals surface area contributed by atoms with E-state index >= 15 is 0 Å². The smallest absolute Gasteiger partial charge is 0.242 e. The van der Waals surface area contributed by atoms with Crippen LogP contribution in [0.3, 0.4) is 0 Å². The van der Waals surface area contributed by atoms with Gasteiger partial charge in [-0.2, -0.15) is 0 Å². The molecule has 19 heavy (non-hydrogen) atoms. The molecule has 0 aliphatic carbocycles. The van der Waals surface area contributed by atoms with Crippen molar-refractivity contribution >= 4 is 44.5 Å². The van der Waals surface area contributed by atoms with Gasteiger partial charge in [0.2, 0.25) is 5.91 Å². The van der Waals surface area contributed by atoms with E-state index in [1.807, 2.05) is 29.7 Å². The molecule has 102 valence electrons. The number of carbonyl (C=O) groups is 1. The largest absolute Gasteiger partial charge is 0.344 e. The summed E-state index contributed by atoms with van der Waals surface area (Å²) in [6.45, 7) is 2.90. The normalized spacial score (nSPS) is 10.9. The monoisotopic (exact) mass is 343 g/mol. The number of nitrogens with zero attached hydrogens (tertiary/aromatic N) is 3. The number of imidazole rings is 1. The number of benzene rings is 1. The van der Waals surface area contributed by atoms with Gasteiger partial charge in [-0.05, 0) is 25.1 Å². The predicted octanol–water partition coefficient (Wildman–Crippen LogP) is 3.02. The molecule has 0 unspecified atom stereocenters. The van der Waals surface area contributed by atoms with Gasteiger partial charge >= 0.3 is 0 Å². The van der Waals surface area contributed by atoms with E-state index < -0.39 is 0 Å². The van der Waals surface area contributed by atoms with Crippen molar-refractivity contribution in [2.24, 2.45) is 0 Å². The van der Waals surface area contributed by atoms with E-state index in [0.29, 0.717) is 12.4 Å². The molecule has 1 aromatic heterocycles. The molecule has 0 atom stereocenters. The molecule has 6 heteroatoms. The standard InChI is InChI=1S/C13H15BrClN3O/c1-3-17(2)13(19)8-18-11-6-9(14)4-5-10(11)16-12(18)7-15/h4-6H,3,7-8H2,1-2H3. The van der Waals surface area contributed by atoms with Crippen molar-refractivity contribution in [1.82, 2.24) is 14.5 Å². The van der Waals surface area contributed by atoms with E-state index in [0.717, 1.165) is 15.5 Å². The third-order valence-corrected chi connectivity index (χ3v) is 3.83. The van der Waals surface area contributed by atoms with Crippen molar-refractivity contribution in [1.29, 1.82) is 0 Å². The molecule has 2 rings (SSSR count). The number of aromatic nitrogens is 2. The van der Waals surface area contributed by atoms with Crippen LogP contribution in [0.15, 0.2) is 22.7 Å². The molecular formula is C13H15BrClN3O. The number of amides is 1. The molecule has 2 aromatic rings. The summed E-state index contributed by atoms with van der Waals surface area (Å²) in [6.07, 6.45) is 0. The fourth-order valence-corrected chi connectivity index (χ4v) is 2.41. The van der Waals surface area contributed by atoms with Gasteiger partial charge in [-0.25, -0.2) is 4.98 Å². The maximum atomic E-state index is 12.1. The number of fused-ring (bicyclic) bond motifs is 1. The summed E-state index contributed by atoms with van der Waals surface area (Å²) in [5.41, 5.74) is 1.77. The minimum Gasteiger partial charge on any atom is -0.344 e. The zero-order valence-electron chi connectivity index (χ0n) is 10.9. The maximum Gasteiger partial charge on any atom is 0.242 e. The second-order valence-corrected chi connectivity index (χ2v) is 5.47. The SMILES string of the molecule is CCN(C)C(=O)Cn1c(CCl)nc2ccc(Br)cc21. The van der Waals surface area contributed by atoms with E-state index in [4.69, 9.17) is 11.6 Å². The Morgan fingerprint density at radius 2 is 2.26 bits per heavy atom. The Morgan fingerprint density at radius 3 is 2.89 bits per heavy atom. The van der Waals surface area contributed by atoms with E-state index in [-0.39, 0.29) is 18.3 Å². The van der Waals surface area contributed by atoms with Gasteiger partial charge in [-0.1, -0.05) is 15.9 Å². The fraction of sp³-hybridized carbons (Fsp3) is 0.385. The van der Waals surface area contributed by atoms with Crippen LogP contribution in [0.4, 0.5) is 0 Å². The maximum absolute atomic E-state index is 12.1. The molecule has 1 aromatic carbocycles. The lowest BCUT2D eigenvalue weighted by Gasteiger charge is -2.16. The van der Waals surface area contributed by atoms with Crippen molar-refractivity contribution in [3.05, 3.63) is 28.5 Å². The molecule has 0 N–H and O–H groups in total. The van der Waals surface area contributed by atoms with Crippen molar-refractivity contribution in [3.63, 3.8) is 0 Å². The quantitative estimate of drug-likeness (QED) is 0.800. The van der Waals surface area contributed by atoms with Crippen LogP contribution < -0.4 is 0 Å². The topological polar surface area (TPSA) is 38.1 Å². The van der Waals surface area contributed by atoms with E-state index in [1.54, 1.807) is 11.9 Å². The van der Waals surface area contributed by atoms with E-state index in [2.05, 4.69) is 20.9 Å². The average Bonchev–Trinajstić information content (AvgIpc) is 2.75. The zero-order valence-corrected chi connectivity index (χ0v) is 13.2. The first kappa shape index (κ1) is 14.3. The van der Waals surface area contributed by atoms with Crippen LogP contribution in [0, 0.1) is 0 Å². The molecule has 0 saturated heterocycles. The van der Waals surface area contributed by atoms with Gasteiger partial charge in [-0.3, -0.25) is 4.79 Å². The highest BCUT2D eigenvalue weighted by atomic mass is 79.9. The number of hydrogen-bond donors (Lipinski definition) is 0. The summed E-state index contributed by atoms with van der Waals surface area (Å²) in [4.78, 5) is 18.2. The Labute approximate surface area is 125 Å². The van der Waals surface area contributed by atoms with Gasteiger partial charge in [0.1, 0.15) is 12.4 Å². The summed E-state index contributed by atoms with van der Waals surface area (Å²) < 4.78 is 2.83. The van der Waals surface area contributed by atoms with Gasteiger partial charge in [0, 0.05) is 18.1 Å². The molecule has 0 aliphatic heterocycles. The van der Waals surface area contributed by atoms with Crippen molar-refractivity contribution in [2.75, 3.05) is 13.6 Å². The summed E-state index contributed by atoms with van der Waals surface area (Å²) in [6, 6.07) is 5.80. The van der Waals surface area contributed by atoms with Crippen LogP contribution in [-0.2, 0) is 17.2 Å². The zero-order chi connectivity index (χ0) is 14.0. The number of alkyl halides is 1. The second kappa shape index (κ2) is 5.92. The molecule has 4 nitrogen and oxygen atoms in total. The van der Waals surface area contributed by atoms with Crippen LogP contribution in [0.2, 0.25) is 0 Å². The lowest BCUT2D eigenvalue weighted by atomic mass is 10.3. The molecule has 0 bridgehead atoms. The van der Waals surface area contributed by atoms with Gasteiger partial charge in [0.15, 0.2) is 0 Å². The Kier molecular flexibility index (Phi) is 4.47. The molecular weight excluding hydrogens is 330 g/mol. The lowest BCUT2D eigenvalue weighted by Crippen LogP contribution is -2.30. The Bertz CT molecular complexity index is 611. The molecule has 0 saturated carbocycles. The van der Waals surface area contributed by atoms with E-state index in [9.17, 15) is 4.79 Å². The van der Waals surface area contributed by atoms with Gasteiger partial charge < -0.3 is 9.47 Å². The number of carbonyl (C=O) groups excluding carboxylic acids is 1.